The summed E-state index contributed by atoms with van der Waals surface area (Å²) in [5, 5.41) is 8.40. The molecule has 0 aliphatic rings. The van der Waals surface area contributed by atoms with Gasteiger partial charge >= 0.3 is 0 Å². The van der Waals surface area contributed by atoms with Gasteiger partial charge in [0.25, 0.3) is 11.8 Å². The molecule has 0 saturated carbocycles. The second kappa shape index (κ2) is 14.9. The average Bonchev–Trinajstić information content (AvgIpc) is 3.02. The van der Waals surface area contributed by atoms with Crippen molar-refractivity contribution >= 4 is 46.9 Å². The third-order valence-electron chi connectivity index (χ3n) is 6.73. The van der Waals surface area contributed by atoms with Crippen LogP contribution >= 0.6 is 11.8 Å². The maximum absolute atomic E-state index is 13.5. The first-order valence-electron chi connectivity index (χ1n) is 13.9. The van der Waals surface area contributed by atoms with Gasteiger partial charge in [-0.25, -0.2) is 0 Å². The number of thioether (sulfide) groups is 1. The minimum Gasteiger partial charge on any atom is -0.496 e. The first kappa shape index (κ1) is 31.1. The molecule has 0 fully saturated rings. The summed E-state index contributed by atoms with van der Waals surface area (Å²) in [5.41, 5.74) is 4.48. The number of carbonyl (C=O) groups is 3. The highest BCUT2D eigenvalue weighted by molar-refractivity contribution is 8.00. The molecule has 8 heteroatoms. The number of hydrogen-bond acceptors (Lipinski definition) is 5. The van der Waals surface area contributed by atoms with E-state index in [9.17, 15) is 14.4 Å². The van der Waals surface area contributed by atoms with E-state index in [4.69, 9.17) is 4.74 Å². The van der Waals surface area contributed by atoms with Gasteiger partial charge in [-0.05, 0) is 73.9 Å². The van der Waals surface area contributed by atoms with Crippen LogP contribution in [-0.4, -0.2) is 30.1 Å². The minimum atomic E-state index is -0.503. The number of anilines is 2. The van der Waals surface area contributed by atoms with Crippen LogP contribution in [0.2, 0.25) is 0 Å². The van der Waals surface area contributed by atoms with Crippen molar-refractivity contribution < 1.29 is 19.1 Å². The van der Waals surface area contributed by atoms with Crippen LogP contribution in [0.4, 0.5) is 11.4 Å². The highest BCUT2D eigenvalue weighted by atomic mass is 32.2. The molecule has 0 radical (unpaired) electrons. The van der Waals surface area contributed by atoms with Crippen LogP contribution in [0.3, 0.4) is 0 Å². The summed E-state index contributed by atoms with van der Waals surface area (Å²) < 4.78 is 5.44. The molecule has 4 aromatic rings. The Hall–Kier alpha value is -4.82. The first-order chi connectivity index (χ1) is 20.8. The Kier molecular flexibility index (Phi) is 10.8. The predicted molar refractivity (Wildman–Crippen MR) is 174 cm³/mol. The van der Waals surface area contributed by atoms with Crippen molar-refractivity contribution in [2.75, 3.05) is 17.7 Å². The van der Waals surface area contributed by atoms with E-state index in [1.807, 2.05) is 75.4 Å². The zero-order valence-corrected chi connectivity index (χ0v) is 25.5. The number of para-hydroxylation sites is 2. The third kappa shape index (κ3) is 8.36. The summed E-state index contributed by atoms with van der Waals surface area (Å²) in [6, 6.07) is 29.1. The second-order valence-electron chi connectivity index (χ2n) is 9.87. The molecule has 0 saturated heterocycles. The van der Waals surface area contributed by atoms with Gasteiger partial charge < -0.3 is 20.7 Å². The standard InChI is InChI=1S/C35H35N3O4S/c1-5-31(35(41)38-32-23(2)13-11-14-24(32)3)43-28-19-12-18-27(22-28)36-34(40)29(21-26-17-9-10-20-30(26)42-4)37-33(39)25-15-7-6-8-16-25/h6-22,31H,5H2,1-4H3,(H,36,40)(H,37,39)(H,38,41)/b29-21+. The lowest BCUT2D eigenvalue weighted by molar-refractivity contribution is -0.116. The maximum Gasteiger partial charge on any atom is 0.272 e. The van der Waals surface area contributed by atoms with Crippen molar-refractivity contribution in [2.24, 2.45) is 0 Å². The topological polar surface area (TPSA) is 96.5 Å². The van der Waals surface area contributed by atoms with Gasteiger partial charge in [0.2, 0.25) is 5.91 Å². The normalized spacial score (nSPS) is 11.8. The number of hydrogen-bond donors (Lipinski definition) is 3. The van der Waals surface area contributed by atoms with Crippen molar-refractivity contribution in [3.8, 4) is 5.75 Å². The van der Waals surface area contributed by atoms with Gasteiger partial charge in [0.05, 0.1) is 12.4 Å². The van der Waals surface area contributed by atoms with Crippen molar-refractivity contribution in [1.82, 2.24) is 5.32 Å². The summed E-state index contributed by atoms with van der Waals surface area (Å²) >= 11 is 1.43. The number of amides is 3. The lowest BCUT2D eigenvalue weighted by Gasteiger charge is -2.18. The number of aryl methyl sites for hydroxylation is 2. The summed E-state index contributed by atoms with van der Waals surface area (Å²) in [5.74, 6) is -0.436. The number of carbonyl (C=O) groups excluding carboxylic acids is 3. The molecule has 7 nitrogen and oxygen atoms in total. The quantitative estimate of drug-likeness (QED) is 0.126. The molecule has 0 heterocycles. The Balaban J connectivity index is 1.53. The van der Waals surface area contributed by atoms with Gasteiger partial charge in [-0.3, -0.25) is 14.4 Å². The molecule has 1 unspecified atom stereocenters. The van der Waals surface area contributed by atoms with Gasteiger partial charge in [0.1, 0.15) is 11.4 Å². The predicted octanol–water partition coefficient (Wildman–Crippen LogP) is 7.23. The van der Waals surface area contributed by atoms with Crippen molar-refractivity contribution in [3.05, 3.63) is 125 Å². The Morgan fingerprint density at radius 1 is 0.837 bits per heavy atom. The molecule has 3 N–H and O–H groups in total. The fourth-order valence-electron chi connectivity index (χ4n) is 4.43. The monoisotopic (exact) mass is 593 g/mol. The molecule has 43 heavy (non-hydrogen) atoms. The molecule has 220 valence electrons. The number of rotatable bonds is 11. The van der Waals surface area contributed by atoms with Gasteiger partial charge in [0.15, 0.2) is 0 Å². The molecule has 0 spiro atoms. The highest BCUT2D eigenvalue weighted by Gasteiger charge is 2.20. The largest absolute Gasteiger partial charge is 0.496 e. The summed E-state index contributed by atoms with van der Waals surface area (Å²) in [4.78, 5) is 40.6. The van der Waals surface area contributed by atoms with E-state index in [1.54, 1.807) is 55.7 Å². The summed E-state index contributed by atoms with van der Waals surface area (Å²) in [6.45, 7) is 5.92. The molecule has 4 rings (SSSR count). The van der Waals surface area contributed by atoms with Crippen LogP contribution in [0.25, 0.3) is 6.08 Å². The highest BCUT2D eigenvalue weighted by Crippen LogP contribution is 2.30. The summed E-state index contributed by atoms with van der Waals surface area (Å²) in [7, 11) is 1.55. The van der Waals surface area contributed by atoms with E-state index < -0.39 is 11.8 Å². The molecule has 4 aromatic carbocycles. The molecule has 3 amide bonds. The van der Waals surface area contributed by atoms with Gasteiger partial charge in [-0.15, -0.1) is 11.8 Å². The van der Waals surface area contributed by atoms with E-state index >= 15 is 0 Å². The molecule has 0 aliphatic heterocycles. The number of nitrogens with one attached hydrogen (secondary N) is 3. The maximum atomic E-state index is 13.5. The van der Waals surface area contributed by atoms with Gasteiger partial charge in [-0.1, -0.05) is 67.6 Å². The zero-order chi connectivity index (χ0) is 30.8. The lowest BCUT2D eigenvalue weighted by Crippen LogP contribution is -2.30. The molecule has 0 aromatic heterocycles. The van der Waals surface area contributed by atoms with E-state index in [2.05, 4.69) is 16.0 Å². The van der Waals surface area contributed by atoms with Crippen LogP contribution in [-0.2, 0) is 9.59 Å². The Labute approximate surface area is 256 Å². The van der Waals surface area contributed by atoms with E-state index in [0.29, 0.717) is 29.0 Å². The number of methoxy groups -OCH3 is 1. The van der Waals surface area contributed by atoms with Crippen LogP contribution in [0.15, 0.2) is 108 Å². The fraction of sp³-hybridized carbons (Fsp3) is 0.171. The summed E-state index contributed by atoms with van der Waals surface area (Å²) in [6.07, 6.45) is 2.20. The van der Waals surface area contributed by atoms with Gasteiger partial charge in [-0.2, -0.15) is 0 Å². The third-order valence-corrected chi connectivity index (χ3v) is 8.09. The molecule has 0 aliphatic carbocycles. The van der Waals surface area contributed by atoms with Crippen molar-refractivity contribution in [3.63, 3.8) is 0 Å². The molecule has 0 bridgehead atoms. The number of ether oxygens (including phenoxy) is 1. The second-order valence-corrected chi connectivity index (χ2v) is 11.1. The SMILES string of the molecule is CCC(Sc1cccc(NC(=O)/C(=C\c2ccccc2OC)NC(=O)c2ccccc2)c1)C(=O)Nc1c(C)cccc1C. The van der Waals surface area contributed by atoms with E-state index in [1.165, 1.54) is 11.8 Å². The van der Waals surface area contributed by atoms with Gasteiger partial charge in [0, 0.05) is 27.4 Å². The zero-order valence-electron chi connectivity index (χ0n) is 24.6. The van der Waals surface area contributed by atoms with Crippen LogP contribution < -0.4 is 20.7 Å². The Morgan fingerprint density at radius 3 is 2.21 bits per heavy atom. The van der Waals surface area contributed by atoms with Crippen molar-refractivity contribution in [2.45, 2.75) is 37.3 Å². The van der Waals surface area contributed by atoms with Crippen molar-refractivity contribution in [1.29, 1.82) is 0 Å². The Morgan fingerprint density at radius 2 is 1.51 bits per heavy atom. The van der Waals surface area contributed by atoms with E-state index in [-0.39, 0.29) is 16.9 Å². The lowest BCUT2D eigenvalue weighted by atomic mass is 10.1. The molecular formula is C35H35N3O4S. The van der Waals surface area contributed by atoms with Crippen LogP contribution in [0.5, 0.6) is 5.75 Å². The van der Waals surface area contributed by atoms with Crippen LogP contribution in [0, 0.1) is 13.8 Å². The molecular weight excluding hydrogens is 558 g/mol. The van der Waals surface area contributed by atoms with Crippen LogP contribution in [0.1, 0.15) is 40.4 Å². The average molecular weight is 594 g/mol. The molecule has 1 atom stereocenters. The minimum absolute atomic E-state index is 0.0517. The van der Waals surface area contributed by atoms with E-state index in [0.717, 1.165) is 21.7 Å². The Bertz CT molecular complexity index is 1620. The fourth-order valence-corrected chi connectivity index (χ4v) is 5.44. The first-order valence-corrected chi connectivity index (χ1v) is 14.8. The smallest absolute Gasteiger partial charge is 0.272 e. The number of benzene rings is 4.